The third kappa shape index (κ3) is 3.05. The summed E-state index contributed by atoms with van der Waals surface area (Å²) in [6.45, 7) is 0.709. The largest absolute Gasteiger partial charge is 0.367 e. The molecule has 11 heavy (non-hydrogen) atoms. The average molecular weight is 169 g/mol. The van der Waals surface area contributed by atoms with Crippen LogP contribution in [0.1, 0.15) is 0 Å². The van der Waals surface area contributed by atoms with Crippen LogP contribution in [0.15, 0.2) is 36.0 Å². The van der Waals surface area contributed by atoms with Gasteiger partial charge in [-0.1, -0.05) is 23.7 Å². The van der Waals surface area contributed by atoms with Crippen LogP contribution in [0.4, 0.5) is 5.82 Å². The van der Waals surface area contributed by atoms with Crippen LogP contribution in [0.5, 0.6) is 0 Å². The Hall–Kier alpha value is -1.02. The Morgan fingerprint density at radius 2 is 2.45 bits per heavy atom. The zero-order chi connectivity index (χ0) is 7.94. The number of anilines is 1. The van der Waals surface area contributed by atoms with Crippen molar-refractivity contribution in [1.82, 2.24) is 4.98 Å². The molecule has 0 spiro atoms. The lowest BCUT2D eigenvalue weighted by Gasteiger charge is -1.98. The number of rotatable bonds is 3. The lowest BCUT2D eigenvalue weighted by atomic mass is 10.4. The van der Waals surface area contributed by atoms with Gasteiger partial charge in [-0.05, 0) is 12.1 Å². The molecule has 0 radical (unpaired) electrons. The summed E-state index contributed by atoms with van der Waals surface area (Å²) in [7, 11) is 0. The highest BCUT2D eigenvalue weighted by molar-refractivity contribution is 6.25. The molecule has 0 amide bonds. The number of halogens is 1. The zero-order valence-corrected chi connectivity index (χ0v) is 6.75. The van der Waals surface area contributed by atoms with Crippen molar-refractivity contribution in [2.75, 3.05) is 11.9 Å². The highest BCUT2D eigenvalue weighted by atomic mass is 35.5. The van der Waals surface area contributed by atoms with E-state index in [9.17, 15) is 0 Å². The molecule has 0 fully saturated rings. The maximum Gasteiger partial charge on any atom is 0.126 e. The lowest BCUT2D eigenvalue weighted by molar-refractivity contribution is 1.23. The summed E-state index contributed by atoms with van der Waals surface area (Å²) in [4.78, 5) is 4.06. The van der Waals surface area contributed by atoms with Gasteiger partial charge in [0.1, 0.15) is 5.82 Å². The first-order chi connectivity index (χ1) is 5.43. The second-order valence-corrected chi connectivity index (χ2v) is 2.21. The van der Waals surface area contributed by atoms with E-state index in [2.05, 4.69) is 10.3 Å². The molecule has 0 unspecified atom stereocenters. The summed E-state index contributed by atoms with van der Waals surface area (Å²) in [5.74, 6) is 0.863. The van der Waals surface area contributed by atoms with Crippen molar-refractivity contribution >= 4 is 17.4 Å². The van der Waals surface area contributed by atoms with Crippen molar-refractivity contribution in [2.24, 2.45) is 0 Å². The van der Waals surface area contributed by atoms with Gasteiger partial charge in [-0.15, -0.1) is 0 Å². The Morgan fingerprint density at radius 3 is 3.09 bits per heavy atom. The molecule has 58 valence electrons. The highest BCUT2D eigenvalue weighted by Gasteiger charge is 1.85. The summed E-state index contributed by atoms with van der Waals surface area (Å²) in [6, 6.07) is 5.71. The van der Waals surface area contributed by atoms with Crippen molar-refractivity contribution in [2.45, 2.75) is 0 Å². The van der Waals surface area contributed by atoms with Crippen LogP contribution in [0.3, 0.4) is 0 Å². The molecule has 1 heterocycles. The Morgan fingerprint density at radius 1 is 1.55 bits per heavy atom. The van der Waals surface area contributed by atoms with Gasteiger partial charge in [0.25, 0.3) is 0 Å². The molecule has 0 aliphatic rings. The van der Waals surface area contributed by atoms with Crippen molar-refractivity contribution in [3.63, 3.8) is 0 Å². The van der Waals surface area contributed by atoms with E-state index in [4.69, 9.17) is 11.6 Å². The van der Waals surface area contributed by atoms with Crippen LogP contribution < -0.4 is 5.32 Å². The third-order valence-corrected chi connectivity index (χ3v) is 1.33. The summed E-state index contributed by atoms with van der Waals surface area (Å²) in [5, 5.41) is 3.06. The van der Waals surface area contributed by atoms with Gasteiger partial charge < -0.3 is 5.32 Å². The molecule has 0 aromatic carbocycles. The van der Waals surface area contributed by atoms with E-state index in [1.54, 1.807) is 6.20 Å². The molecular weight excluding hydrogens is 160 g/mol. The minimum atomic E-state index is 0.709. The van der Waals surface area contributed by atoms with Crippen LogP contribution in [-0.2, 0) is 0 Å². The number of hydrogen-bond donors (Lipinski definition) is 1. The Balaban J connectivity index is 2.39. The standard InChI is InChI=1S/C8H9ClN2/c9-5-3-7-11-8-4-1-2-6-10-8/h1-6H,7H2,(H,10,11)/b5-3+. The maximum absolute atomic E-state index is 5.33. The number of nitrogens with zero attached hydrogens (tertiary/aromatic N) is 1. The third-order valence-electron chi connectivity index (χ3n) is 1.16. The highest BCUT2D eigenvalue weighted by Crippen LogP contribution is 1.98. The number of nitrogens with one attached hydrogen (secondary N) is 1. The predicted octanol–water partition coefficient (Wildman–Crippen LogP) is 2.25. The van der Waals surface area contributed by atoms with Gasteiger partial charge in [-0.2, -0.15) is 0 Å². The van der Waals surface area contributed by atoms with Crippen molar-refractivity contribution in [3.8, 4) is 0 Å². The average Bonchev–Trinajstić information content (AvgIpc) is 2.07. The second-order valence-electron chi connectivity index (χ2n) is 1.96. The molecule has 0 saturated heterocycles. The van der Waals surface area contributed by atoms with Crippen LogP contribution >= 0.6 is 11.6 Å². The Kier molecular flexibility index (Phi) is 3.48. The molecule has 1 N–H and O–H groups in total. The number of hydrogen-bond acceptors (Lipinski definition) is 2. The fourth-order valence-electron chi connectivity index (χ4n) is 0.675. The van der Waals surface area contributed by atoms with Gasteiger partial charge in [-0.25, -0.2) is 4.98 Å². The normalized spacial score (nSPS) is 10.3. The molecule has 2 nitrogen and oxygen atoms in total. The number of aromatic nitrogens is 1. The van der Waals surface area contributed by atoms with E-state index >= 15 is 0 Å². The number of pyridine rings is 1. The monoisotopic (exact) mass is 168 g/mol. The van der Waals surface area contributed by atoms with Gasteiger partial charge in [-0.3, -0.25) is 0 Å². The predicted molar refractivity (Wildman–Crippen MR) is 47.7 cm³/mol. The first kappa shape index (κ1) is 8.08. The van der Waals surface area contributed by atoms with Gasteiger partial charge in [0, 0.05) is 18.3 Å². The molecule has 0 aliphatic heterocycles. The summed E-state index contributed by atoms with van der Waals surface area (Å²) < 4.78 is 0. The second kappa shape index (κ2) is 4.74. The summed E-state index contributed by atoms with van der Waals surface area (Å²) in [5.41, 5.74) is 1.48. The Labute approximate surface area is 70.9 Å². The molecule has 1 rings (SSSR count). The van der Waals surface area contributed by atoms with Crippen molar-refractivity contribution in [3.05, 3.63) is 36.0 Å². The zero-order valence-electron chi connectivity index (χ0n) is 6.00. The Bertz CT molecular complexity index is 221. The lowest BCUT2D eigenvalue weighted by Crippen LogP contribution is -1.98. The molecule has 0 atom stereocenters. The molecule has 0 aliphatic carbocycles. The maximum atomic E-state index is 5.33. The van der Waals surface area contributed by atoms with E-state index in [0.717, 1.165) is 5.82 Å². The quantitative estimate of drug-likeness (QED) is 0.749. The van der Waals surface area contributed by atoms with Gasteiger partial charge in [0.2, 0.25) is 0 Å². The first-order valence-electron chi connectivity index (χ1n) is 3.33. The summed E-state index contributed by atoms with van der Waals surface area (Å²) >= 11 is 5.33. The van der Waals surface area contributed by atoms with E-state index in [-0.39, 0.29) is 0 Å². The van der Waals surface area contributed by atoms with E-state index in [1.165, 1.54) is 5.54 Å². The molecule has 1 aromatic heterocycles. The topological polar surface area (TPSA) is 24.9 Å². The van der Waals surface area contributed by atoms with E-state index in [1.807, 2.05) is 24.3 Å². The van der Waals surface area contributed by atoms with Crippen LogP contribution in [0.25, 0.3) is 0 Å². The van der Waals surface area contributed by atoms with Crippen LogP contribution in [-0.4, -0.2) is 11.5 Å². The van der Waals surface area contributed by atoms with Gasteiger partial charge in [0.15, 0.2) is 0 Å². The van der Waals surface area contributed by atoms with E-state index < -0.39 is 0 Å². The van der Waals surface area contributed by atoms with Gasteiger partial charge >= 0.3 is 0 Å². The fourth-order valence-corrected chi connectivity index (χ4v) is 0.764. The minimum Gasteiger partial charge on any atom is -0.367 e. The van der Waals surface area contributed by atoms with E-state index in [0.29, 0.717) is 6.54 Å². The van der Waals surface area contributed by atoms with Crippen molar-refractivity contribution < 1.29 is 0 Å². The summed E-state index contributed by atoms with van der Waals surface area (Å²) in [6.07, 6.45) is 3.56. The minimum absolute atomic E-state index is 0.709. The molecule has 3 heteroatoms. The van der Waals surface area contributed by atoms with Crippen LogP contribution in [0.2, 0.25) is 0 Å². The molecule has 1 aromatic rings. The molecule has 0 saturated carbocycles. The molecular formula is C8H9ClN2. The van der Waals surface area contributed by atoms with Gasteiger partial charge in [0.05, 0.1) is 0 Å². The van der Waals surface area contributed by atoms with Crippen molar-refractivity contribution in [1.29, 1.82) is 0 Å². The SMILES string of the molecule is Cl/C=C/CNc1ccccn1. The first-order valence-corrected chi connectivity index (χ1v) is 3.77. The fraction of sp³-hybridized carbons (Fsp3) is 0.125. The molecule has 0 bridgehead atoms. The van der Waals surface area contributed by atoms with Crippen LogP contribution in [0, 0.1) is 0 Å². The smallest absolute Gasteiger partial charge is 0.126 e.